The summed E-state index contributed by atoms with van der Waals surface area (Å²) in [6.07, 6.45) is 7.43. The van der Waals surface area contributed by atoms with Crippen molar-refractivity contribution in [2.45, 2.75) is 6.61 Å². The van der Waals surface area contributed by atoms with E-state index in [9.17, 15) is 4.79 Å². The number of hydrogen-bond acceptors (Lipinski definition) is 5. The Kier molecular flexibility index (Phi) is 6.66. The second-order valence-electron chi connectivity index (χ2n) is 8.40. The molecule has 0 unspecified atom stereocenters. The van der Waals surface area contributed by atoms with Crippen molar-refractivity contribution in [2.24, 2.45) is 0 Å². The summed E-state index contributed by atoms with van der Waals surface area (Å²) in [7, 11) is 1.67. The number of imidazole rings is 1. The van der Waals surface area contributed by atoms with Crippen molar-refractivity contribution in [1.29, 1.82) is 0 Å². The number of ether oxygens (including phenoxy) is 2. The van der Waals surface area contributed by atoms with Crippen LogP contribution < -0.4 is 14.4 Å². The summed E-state index contributed by atoms with van der Waals surface area (Å²) in [5.41, 5.74) is 3.88. The second-order valence-corrected chi connectivity index (χ2v) is 8.40. The highest BCUT2D eigenvalue weighted by molar-refractivity contribution is 5.92. The van der Waals surface area contributed by atoms with Crippen molar-refractivity contribution in [2.75, 3.05) is 38.2 Å². The molecule has 0 aliphatic carbocycles. The molecule has 5 rings (SSSR count). The largest absolute Gasteiger partial charge is 0.497 e. The summed E-state index contributed by atoms with van der Waals surface area (Å²) in [6.45, 7) is 3.42. The van der Waals surface area contributed by atoms with Gasteiger partial charge in [0.05, 0.1) is 12.8 Å². The zero-order chi connectivity index (χ0) is 24.0. The normalized spacial score (nSPS) is 14.0. The van der Waals surface area contributed by atoms with Gasteiger partial charge in [0.2, 0.25) is 5.91 Å². The number of carbonyl (C=O) groups is 1. The number of aromatic nitrogens is 2. The molecule has 1 aliphatic rings. The van der Waals surface area contributed by atoms with E-state index in [4.69, 9.17) is 9.47 Å². The van der Waals surface area contributed by atoms with E-state index in [0.717, 1.165) is 47.2 Å². The molecule has 1 amide bonds. The lowest BCUT2D eigenvalue weighted by Crippen LogP contribution is -2.48. The number of pyridine rings is 1. The summed E-state index contributed by atoms with van der Waals surface area (Å²) >= 11 is 0. The Morgan fingerprint density at radius 2 is 1.69 bits per heavy atom. The molecule has 1 saturated heterocycles. The van der Waals surface area contributed by atoms with Crippen LogP contribution in [0.2, 0.25) is 0 Å². The van der Waals surface area contributed by atoms with Crippen molar-refractivity contribution in [3.8, 4) is 11.5 Å². The number of carbonyl (C=O) groups excluding carboxylic acids is 1. The van der Waals surface area contributed by atoms with Crippen LogP contribution in [0.3, 0.4) is 0 Å². The zero-order valence-corrected chi connectivity index (χ0v) is 19.7. The quantitative estimate of drug-likeness (QED) is 0.379. The maximum absolute atomic E-state index is 12.7. The third-order valence-electron chi connectivity index (χ3n) is 6.13. The third-order valence-corrected chi connectivity index (χ3v) is 6.13. The van der Waals surface area contributed by atoms with E-state index in [1.807, 2.05) is 82.4 Å². The highest BCUT2D eigenvalue weighted by Crippen LogP contribution is 2.21. The minimum Gasteiger partial charge on any atom is -0.497 e. The van der Waals surface area contributed by atoms with E-state index < -0.39 is 0 Å². The lowest BCUT2D eigenvalue weighted by atomic mass is 10.2. The molecule has 1 fully saturated rings. The lowest BCUT2D eigenvalue weighted by Gasteiger charge is -2.35. The van der Waals surface area contributed by atoms with Gasteiger partial charge in [-0.1, -0.05) is 18.2 Å². The Bertz CT molecular complexity index is 1270. The van der Waals surface area contributed by atoms with Gasteiger partial charge in [0, 0.05) is 50.3 Å². The first kappa shape index (κ1) is 22.5. The zero-order valence-electron chi connectivity index (χ0n) is 19.7. The number of methoxy groups -OCH3 is 1. The predicted octanol–water partition coefficient (Wildman–Crippen LogP) is 4.28. The van der Waals surface area contributed by atoms with Gasteiger partial charge in [-0.15, -0.1) is 0 Å². The Morgan fingerprint density at radius 1 is 0.943 bits per heavy atom. The SMILES string of the molecule is COc1ccc(N2CCN(C(=O)/C=C/c3ccc(OCc4cn5ccccc5n4)cc3)CC2)cc1. The maximum Gasteiger partial charge on any atom is 0.246 e. The van der Waals surface area contributed by atoms with Crippen molar-refractivity contribution >= 4 is 23.3 Å². The summed E-state index contributed by atoms with van der Waals surface area (Å²) in [4.78, 5) is 21.4. The number of anilines is 1. The van der Waals surface area contributed by atoms with Crippen LogP contribution in [-0.2, 0) is 11.4 Å². The van der Waals surface area contributed by atoms with E-state index in [0.29, 0.717) is 19.7 Å². The summed E-state index contributed by atoms with van der Waals surface area (Å²) in [5.74, 6) is 1.64. The number of rotatable bonds is 7. The maximum atomic E-state index is 12.7. The number of piperazine rings is 1. The van der Waals surface area contributed by atoms with E-state index >= 15 is 0 Å². The summed E-state index contributed by atoms with van der Waals surface area (Å²) in [5, 5.41) is 0. The molecule has 178 valence electrons. The standard InChI is InChI=1S/C28H28N4O3/c1-34-25-12-8-24(9-13-25)30-16-18-31(19-17-30)28(33)14-7-22-5-10-26(11-6-22)35-21-23-20-32-15-3-2-4-27(32)29-23/h2-15,20H,16-19,21H2,1H3/b14-7+. The predicted molar refractivity (Wildman–Crippen MR) is 137 cm³/mol. The molecule has 35 heavy (non-hydrogen) atoms. The molecule has 0 saturated carbocycles. The molecule has 4 aromatic rings. The number of benzene rings is 2. The lowest BCUT2D eigenvalue weighted by molar-refractivity contribution is -0.126. The molecule has 2 aromatic carbocycles. The van der Waals surface area contributed by atoms with Gasteiger partial charge >= 0.3 is 0 Å². The average Bonchev–Trinajstić information content (AvgIpc) is 3.34. The minimum atomic E-state index is 0.0338. The van der Waals surface area contributed by atoms with Crippen LogP contribution in [0.25, 0.3) is 11.7 Å². The molecule has 3 heterocycles. The fourth-order valence-corrected chi connectivity index (χ4v) is 4.14. The Morgan fingerprint density at radius 3 is 2.40 bits per heavy atom. The molecular weight excluding hydrogens is 440 g/mol. The average molecular weight is 469 g/mol. The van der Waals surface area contributed by atoms with Crippen LogP contribution >= 0.6 is 0 Å². The van der Waals surface area contributed by atoms with Crippen molar-refractivity contribution in [3.63, 3.8) is 0 Å². The molecular formula is C28H28N4O3. The van der Waals surface area contributed by atoms with Gasteiger partial charge < -0.3 is 23.7 Å². The molecule has 0 N–H and O–H groups in total. The molecule has 7 heteroatoms. The number of amides is 1. The molecule has 0 bridgehead atoms. The van der Waals surface area contributed by atoms with Crippen LogP contribution in [0.1, 0.15) is 11.3 Å². The fourth-order valence-electron chi connectivity index (χ4n) is 4.14. The Balaban J connectivity index is 1.10. The van der Waals surface area contributed by atoms with Crippen LogP contribution in [0, 0.1) is 0 Å². The van der Waals surface area contributed by atoms with E-state index in [2.05, 4.69) is 22.0 Å². The van der Waals surface area contributed by atoms with E-state index in [-0.39, 0.29) is 5.91 Å². The van der Waals surface area contributed by atoms with Gasteiger partial charge in [-0.2, -0.15) is 0 Å². The van der Waals surface area contributed by atoms with Crippen LogP contribution in [0.4, 0.5) is 5.69 Å². The first-order valence-electron chi connectivity index (χ1n) is 11.7. The molecule has 7 nitrogen and oxygen atoms in total. The van der Waals surface area contributed by atoms with Crippen molar-refractivity contribution in [3.05, 3.63) is 96.5 Å². The Labute approximate surface area is 204 Å². The van der Waals surface area contributed by atoms with Gasteiger partial charge in [-0.05, 0) is 60.2 Å². The first-order valence-corrected chi connectivity index (χ1v) is 11.7. The van der Waals surface area contributed by atoms with Crippen LogP contribution in [0.15, 0.2) is 85.2 Å². The van der Waals surface area contributed by atoms with Gasteiger partial charge in [0.15, 0.2) is 0 Å². The van der Waals surface area contributed by atoms with E-state index in [1.165, 1.54) is 0 Å². The first-order chi connectivity index (χ1) is 17.2. The Hall–Kier alpha value is -4.26. The van der Waals surface area contributed by atoms with Crippen molar-refractivity contribution in [1.82, 2.24) is 14.3 Å². The second kappa shape index (κ2) is 10.3. The summed E-state index contributed by atoms with van der Waals surface area (Å²) < 4.78 is 13.1. The van der Waals surface area contributed by atoms with Crippen LogP contribution in [-0.4, -0.2) is 53.5 Å². The van der Waals surface area contributed by atoms with E-state index in [1.54, 1.807) is 13.2 Å². The monoisotopic (exact) mass is 468 g/mol. The number of nitrogens with zero attached hydrogens (tertiary/aromatic N) is 4. The van der Waals surface area contributed by atoms with Gasteiger partial charge in [0.25, 0.3) is 0 Å². The molecule has 0 radical (unpaired) electrons. The van der Waals surface area contributed by atoms with Crippen molar-refractivity contribution < 1.29 is 14.3 Å². The molecule has 1 aliphatic heterocycles. The molecule has 2 aromatic heterocycles. The van der Waals surface area contributed by atoms with Gasteiger partial charge in [-0.25, -0.2) is 4.98 Å². The summed E-state index contributed by atoms with van der Waals surface area (Å²) in [6, 6.07) is 21.7. The number of hydrogen-bond donors (Lipinski definition) is 0. The highest BCUT2D eigenvalue weighted by atomic mass is 16.5. The minimum absolute atomic E-state index is 0.0338. The van der Waals surface area contributed by atoms with Gasteiger partial charge in [-0.3, -0.25) is 4.79 Å². The highest BCUT2D eigenvalue weighted by Gasteiger charge is 2.19. The topological polar surface area (TPSA) is 59.3 Å². The van der Waals surface area contributed by atoms with Crippen LogP contribution in [0.5, 0.6) is 11.5 Å². The number of fused-ring (bicyclic) bond motifs is 1. The molecule has 0 spiro atoms. The third kappa shape index (κ3) is 5.46. The molecule has 0 atom stereocenters. The smallest absolute Gasteiger partial charge is 0.246 e. The fraction of sp³-hybridized carbons (Fsp3) is 0.214. The van der Waals surface area contributed by atoms with Gasteiger partial charge in [0.1, 0.15) is 23.8 Å².